The molecule has 80 valence electrons. The molecule has 0 bridgehead atoms. The Kier molecular flexibility index (Phi) is 5.00. The summed E-state index contributed by atoms with van der Waals surface area (Å²) in [6.07, 6.45) is 14.0. The maximum Gasteiger partial charge on any atom is -0.0260 e. The molecule has 1 saturated carbocycles. The molecule has 0 aromatic heterocycles. The van der Waals surface area contributed by atoms with Crippen LogP contribution < -0.4 is 0 Å². The average molecular weight is 192 g/mol. The van der Waals surface area contributed by atoms with E-state index < -0.39 is 0 Å². The van der Waals surface area contributed by atoms with Crippen molar-refractivity contribution in [1.82, 2.24) is 0 Å². The average Bonchev–Trinajstić information content (AvgIpc) is 2.64. The second kappa shape index (κ2) is 6.06. The summed E-state index contributed by atoms with van der Waals surface area (Å²) in [7, 11) is 0. The number of rotatable bonds is 4. The SMILES string of the molecule is C/C(=C/C=C\CC1CCCC1)C(C)C. The molecular weight excluding hydrogens is 168 g/mol. The van der Waals surface area contributed by atoms with Gasteiger partial charge in [-0.05, 0) is 25.2 Å². The Morgan fingerprint density at radius 2 is 1.93 bits per heavy atom. The third-order valence-corrected chi connectivity index (χ3v) is 3.35. The van der Waals surface area contributed by atoms with E-state index in [-0.39, 0.29) is 0 Å². The van der Waals surface area contributed by atoms with Crippen LogP contribution in [0.4, 0.5) is 0 Å². The first kappa shape index (κ1) is 11.6. The lowest BCUT2D eigenvalue weighted by Crippen LogP contribution is -1.89. The van der Waals surface area contributed by atoms with Crippen LogP contribution in [-0.2, 0) is 0 Å². The van der Waals surface area contributed by atoms with E-state index in [9.17, 15) is 0 Å². The zero-order valence-electron chi connectivity index (χ0n) is 9.92. The Labute approximate surface area is 89.1 Å². The summed E-state index contributed by atoms with van der Waals surface area (Å²) >= 11 is 0. The van der Waals surface area contributed by atoms with Crippen molar-refractivity contribution in [2.45, 2.75) is 52.9 Å². The summed E-state index contributed by atoms with van der Waals surface area (Å²) in [5.41, 5.74) is 1.48. The first-order chi connectivity index (χ1) is 6.70. The lowest BCUT2D eigenvalue weighted by molar-refractivity contribution is 0.558. The molecule has 1 aliphatic rings. The molecule has 1 rings (SSSR count). The molecule has 14 heavy (non-hydrogen) atoms. The van der Waals surface area contributed by atoms with E-state index >= 15 is 0 Å². The molecule has 0 atom stereocenters. The summed E-state index contributed by atoms with van der Waals surface area (Å²) < 4.78 is 0. The second-order valence-electron chi connectivity index (χ2n) is 4.88. The Bertz CT molecular complexity index is 202. The van der Waals surface area contributed by atoms with Gasteiger partial charge in [0.05, 0.1) is 0 Å². The van der Waals surface area contributed by atoms with Crippen molar-refractivity contribution in [3.63, 3.8) is 0 Å². The summed E-state index contributed by atoms with van der Waals surface area (Å²) in [6, 6.07) is 0. The molecule has 1 fully saturated rings. The quantitative estimate of drug-likeness (QED) is 0.565. The third-order valence-electron chi connectivity index (χ3n) is 3.35. The molecule has 0 N–H and O–H groups in total. The minimum atomic E-state index is 0.686. The fourth-order valence-corrected chi connectivity index (χ4v) is 1.93. The van der Waals surface area contributed by atoms with Gasteiger partial charge in [-0.25, -0.2) is 0 Å². The molecule has 0 heteroatoms. The van der Waals surface area contributed by atoms with Gasteiger partial charge in [0.2, 0.25) is 0 Å². The third kappa shape index (κ3) is 4.13. The Balaban J connectivity index is 2.22. The highest BCUT2D eigenvalue weighted by molar-refractivity contribution is 5.12. The number of hydrogen-bond acceptors (Lipinski definition) is 0. The topological polar surface area (TPSA) is 0 Å². The highest BCUT2D eigenvalue weighted by Crippen LogP contribution is 2.27. The van der Waals surface area contributed by atoms with Crippen molar-refractivity contribution in [1.29, 1.82) is 0 Å². The summed E-state index contributed by atoms with van der Waals surface area (Å²) in [6.45, 7) is 6.71. The van der Waals surface area contributed by atoms with E-state index in [0.717, 1.165) is 5.92 Å². The van der Waals surface area contributed by atoms with E-state index in [2.05, 4.69) is 39.0 Å². The van der Waals surface area contributed by atoms with E-state index in [1.807, 2.05) is 0 Å². The van der Waals surface area contributed by atoms with Crippen LogP contribution in [0.2, 0.25) is 0 Å². The van der Waals surface area contributed by atoms with Crippen molar-refractivity contribution >= 4 is 0 Å². The molecule has 0 amide bonds. The van der Waals surface area contributed by atoms with E-state index in [1.165, 1.54) is 37.7 Å². The lowest BCUT2D eigenvalue weighted by atomic mass is 10.0. The highest BCUT2D eigenvalue weighted by Gasteiger charge is 2.12. The molecule has 0 aromatic carbocycles. The molecule has 1 aliphatic carbocycles. The Morgan fingerprint density at radius 1 is 1.29 bits per heavy atom. The van der Waals surface area contributed by atoms with E-state index in [4.69, 9.17) is 0 Å². The Hall–Kier alpha value is -0.520. The van der Waals surface area contributed by atoms with Crippen molar-refractivity contribution in [3.05, 3.63) is 23.8 Å². The predicted molar refractivity (Wildman–Crippen MR) is 64.3 cm³/mol. The van der Waals surface area contributed by atoms with Crippen LogP contribution in [0.5, 0.6) is 0 Å². The molecule has 0 unspecified atom stereocenters. The summed E-state index contributed by atoms with van der Waals surface area (Å²) in [5.74, 6) is 1.67. The first-order valence-corrected chi connectivity index (χ1v) is 6.03. The van der Waals surface area contributed by atoms with Crippen LogP contribution in [0, 0.1) is 11.8 Å². The van der Waals surface area contributed by atoms with Crippen molar-refractivity contribution in [2.24, 2.45) is 11.8 Å². The van der Waals surface area contributed by atoms with Gasteiger partial charge < -0.3 is 0 Å². The predicted octanol–water partition coefficient (Wildman–Crippen LogP) is 4.73. The molecule has 0 spiro atoms. The van der Waals surface area contributed by atoms with Gasteiger partial charge in [0.25, 0.3) is 0 Å². The molecule has 0 aliphatic heterocycles. The Morgan fingerprint density at radius 3 is 2.50 bits per heavy atom. The van der Waals surface area contributed by atoms with E-state index in [0.29, 0.717) is 5.92 Å². The van der Waals surface area contributed by atoms with Gasteiger partial charge >= 0.3 is 0 Å². The molecular formula is C14H24. The van der Waals surface area contributed by atoms with Crippen LogP contribution in [-0.4, -0.2) is 0 Å². The zero-order chi connectivity index (χ0) is 10.4. The van der Waals surface area contributed by atoms with Crippen molar-refractivity contribution in [3.8, 4) is 0 Å². The van der Waals surface area contributed by atoms with Crippen molar-refractivity contribution < 1.29 is 0 Å². The fraction of sp³-hybridized carbons (Fsp3) is 0.714. The highest BCUT2D eigenvalue weighted by atomic mass is 14.2. The molecule has 0 saturated heterocycles. The van der Waals surface area contributed by atoms with Crippen molar-refractivity contribution in [2.75, 3.05) is 0 Å². The fourth-order valence-electron chi connectivity index (χ4n) is 1.93. The summed E-state index contributed by atoms with van der Waals surface area (Å²) in [5, 5.41) is 0. The molecule has 0 heterocycles. The second-order valence-corrected chi connectivity index (χ2v) is 4.88. The van der Waals surface area contributed by atoms with Gasteiger partial charge in [0.1, 0.15) is 0 Å². The largest absolute Gasteiger partial charge is 0.0843 e. The van der Waals surface area contributed by atoms with E-state index in [1.54, 1.807) is 0 Å². The maximum atomic E-state index is 2.35. The van der Waals surface area contributed by atoms with Crippen LogP contribution in [0.3, 0.4) is 0 Å². The summed E-state index contributed by atoms with van der Waals surface area (Å²) in [4.78, 5) is 0. The van der Waals surface area contributed by atoms with Crippen LogP contribution in [0.15, 0.2) is 23.8 Å². The molecule has 0 aromatic rings. The molecule has 0 nitrogen and oxygen atoms in total. The first-order valence-electron chi connectivity index (χ1n) is 6.03. The molecule has 0 radical (unpaired) electrons. The van der Waals surface area contributed by atoms with Crippen LogP contribution in [0.1, 0.15) is 52.9 Å². The van der Waals surface area contributed by atoms with Gasteiger partial charge in [0.15, 0.2) is 0 Å². The lowest BCUT2D eigenvalue weighted by Gasteiger charge is -2.04. The van der Waals surface area contributed by atoms with Gasteiger partial charge in [-0.3, -0.25) is 0 Å². The maximum absolute atomic E-state index is 2.35. The van der Waals surface area contributed by atoms with Crippen LogP contribution >= 0.6 is 0 Å². The normalized spacial score (nSPS) is 20.1. The van der Waals surface area contributed by atoms with Gasteiger partial charge in [-0.15, -0.1) is 0 Å². The minimum absolute atomic E-state index is 0.686. The number of allylic oxidation sites excluding steroid dienone is 4. The monoisotopic (exact) mass is 192 g/mol. The number of hydrogen-bond donors (Lipinski definition) is 0. The standard InChI is InChI=1S/C14H24/c1-12(2)13(3)8-4-5-9-14-10-6-7-11-14/h4-5,8,12,14H,6-7,9-11H2,1-3H3/b5-4-,13-8-. The smallest absolute Gasteiger partial charge is 0.0260 e. The zero-order valence-corrected chi connectivity index (χ0v) is 9.92. The minimum Gasteiger partial charge on any atom is -0.0843 e. The van der Waals surface area contributed by atoms with Crippen LogP contribution in [0.25, 0.3) is 0 Å². The van der Waals surface area contributed by atoms with Gasteiger partial charge in [0, 0.05) is 0 Å². The van der Waals surface area contributed by atoms with Gasteiger partial charge in [-0.1, -0.05) is 63.3 Å². The van der Waals surface area contributed by atoms with Gasteiger partial charge in [-0.2, -0.15) is 0 Å².